The third kappa shape index (κ3) is 4.94. The number of carbonyl (C=O) groups excluding carboxylic acids is 1. The van der Waals surface area contributed by atoms with Crippen molar-refractivity contribution in [1.82, 2.24) is 0 Å². The van der Waals surface area contributed by atoms with Crippen LogP contribution in [-0.2, 0) is 15.4 Å². The fourth-order valence-corrected chi connectivity index (χ4v) is 4.43. The molecule has 0 aliphatic heterocycles. The summed E-state index contributed by atoms with van der Waals surface area (Å²) in [6.45, 7) is 6.02. The lowest BCUT2D eigenvalue weighted by atomic mass is 9.86. The lowest BCUT2D eigenvalue weighted by Crippen LogP contribution is -2.26. The topological polar surface area (TPSA) is 72.9 Å². The molecule has 0 aromatic heterocycles. The van der Waals surface area contributed by atoms with E-state index in [2.05, 4.69) is 0 Å². The lowest BCUT2D eigenvalue weighted by Gasteiger charge is -2.23. The summed E-state index contributed by atoms with van der Waals surface area (Å²) in [5.74, 6) is 0.421. The van der Waals surface area contributed by atoms with Gasteiger partial charge in [0.25, 0.3) is 10.0 Å². The highest BCUT2D eigenvalue weighted by molar-refractivity contribution is 7.92. The number of benzene rings is 3. The van der Waals surface area contributed by atoms with E-state index in [4.69, 9.17) is 9.47 Å². The van der Waals surface area contributed by atoms with Gasteiger partial charge >= 0.3 is 5.97 Å². The summed E-state index contributed by atoms with van der Waals surface area (Å²) in [7, 11) is -0.802. The maximum atomic E-state index is 13.1. The van der Waals surface area contributed by atoms with Crippen LogP contribution < -0.4 is 13.8 Å². The second-order valence-electron chi connectivity index (χ2n) is 8.34. The van der Waals surface area contributed by atoms with E-state index in [9.17, 15) is 13.2 Å². The largest absolute Gasteiger partial charge is 0.497 e. The molecule has 6 nitrogen and oxygen atoms in total. The predicted octanol–water partition coefficient (Wildman–Crippen LogP) is 5.04. The Hall–Kier alpha value is -3.32. The normalized spacial score (nSPS) is 11.7. The van der Waals surface area contributed by atoms with Gasteiger partial charge in [0, 0.05) is 12.6 Å². The molecule has 0 saturated carbocycles. The quantitative estimate of drug-likeness (QED) is 0.386. The van der Waals surface area contributed by atoms with Crippen LogP contribution in [0.15, 0.2) is 77.7 Å². The summed E-state index contributed by atoms with van der Waals surface area (Å²) in [5, 5.41) is 0. The third-order valence-corrected chi connectivity index (χ3v) is 6.83. The predicted molar refractivity (Wildman–Crippen MR) is 125 cm³/mol. The van der Waals surface area contributed by atoms with Crippen molar-refractivity contribution in [1.29, 1.82) is 0 Å². The fourth-order valence-electron chi connectivity index (χ4n) is 3.19. The summed E-state index contributed by atoms with van der Waals surface area (Å²) in [6.07, 6.45) is 0. The number of rotatable bonds is 6. The molecule has 0 atom stereocenters. The summed E-state index contributed by atoms with van der Waals surface area (Å²) in [5.41, 5.74) is 1.17. The third-order valence-electron chi connectivity index (χ3n) is 5.05. The number of nitrogens with zero attached hydrogens (tertiary/aromatic N) is 1. The zero-order valence-corrected chi connectivity index (χ0v) is 19.6. The van der Waals surface area contributed by atoms with Crippen molar-refractivity contribution in [2.75, 3.05) is 18.5 Å². The first-order valence-corrected chi connectivity index (χ1v) is 11.5. The SMILES string of the molecule is COc1ccc(OC(=O)c2cccc(S(=O)(=O)N(C)c3ccccc3)c2)c(C(C)(C)C)c1. The van der Waals surface area contributed by atoms with Gasteiger partial charge in [-0.3, -0.25) is 4.31 Å². The Morgan fingerprint density at radius 3 is 2.22 bits per heavy atom. The van der Waals surface area contributed by atoms with Gasteiger partial charge < -0.3 is 9.47 Å². The lowest BCUT2D eigenvalue weighted by molar-refractivity contribution is 0.0731. The van der Waals surface area contributed by atoms with E-state index in [1.165, 1.54) is 35.6 Å². The van der Waals surface area contributed by atoms with Gasteiger partial charge in [0.2, 0.25) is 0 Å². The van der Waals surface area contributed by atoms with Crippen molar-refractivity contribution in [3.63, 3.8) is 0 Å². The van der Waals surface area contributed by atoms with Crippen LogP contribution in [0, 0.1) is 0 Å². The molecule has 0 aliphatic carbocycles. The summed E-state index contributed by atoms with van der Waals surface area (Å²) in [6, 6.07) is 19.8. The van der Waals surface area contributed by atoms with Crippen LogP contribution in [-0.4, -0.2) is 28.5 Å². The molecular weight excluding hydrogens is 426 g/mol. The molecule has 3 aromatic rings. The van der Waals surface area contributed by atoms with Gasteiger partial charge in [-0.15, -0.1) is 0 Å². The highest BCUT2D eigenvalue weighted by atomic mass is 32.2. The van der Waals surface area contributed by atoms with Crippen LogP contribution in [0.25, 0.3) is 0 Å². The monoisotopic (exact) mass is 453 g/mol. The molecule has 0 unspecified atom stereocenters. The summed E-state index contributed by atoms with van der Waals surface area (Å²) < 4.78 is 38.3. The Morgan fingerprint density at radius 2 is 1.59 bits per heavy atom. The Bertz CT molecular complexity index is 1210. The van der Waals surface area contributed by atoms with Crippen LogP contribution >= 0.6 is 0 Å². The molecule has 0 amide bonds. The van der Waals surface area contributed by atoms with E-state index < -0.39 is 16.0 Å². The van der Waals surface area contributed by atoms with Gasteiger partial charge in [-0.1, -0.05) is 45.0 Å². The first kappa shape index (κ1) is 23.3. The Balaban J connectivity index is 1.91. The first-order chi connectivity index (χ1) is 15.0. The van der Waals surface area contributed by atoms with Crippen molar-refractivity contribution >= 4 is 21.7 Å². The van der Waals surface area contributed by atoms with Crippen molar-refractivity contribution in [3.8, 4) is 11.5 Å². The molecule has 32 heavy (non-hydrogen) atoms. The second-order valence-corrected chi connectivity index (χ2v) is 10.3. The van der Waals surface area contributed by atoms with Gasteiger partial charge in [-0.05, 0) is 53.9 Å². The number of carbonyl (C=O) groups is 1. The number of ether oxygens (including phenoxy) is 2. The van der Waals surface area contributed by atoms with E-state index in [0.717, 1.165) is 5.56 Å². The number of sulfonamides is 1. The van der Waals surface area contributed by atoms with Gasteiger partial charge in [0.15, 0.2) is 0 Å². The molecule has 3 aromatic carbocycles. The molecule has 168 valence electrons. The number of hydrogen-bond acceptors (Lipinski definition) is 5. The van der Waals surface area contributed by atoms with E-state index >= 15 is 0 Å². The van der Waals surface area contributed by atoms with Crippen LogP contribution in [0.1, 0.15) is 36.7 Å². The summed E-state index contributed by atoms with van der Waals surface area (Å²) >= 11 is 0. The van der Waals surface area contributed by atoms with Crippen molar-refractivity contribution < 1.29 is 22.7 Å². The standard InChI is InChI=1S/C25H27NO5S/c1-25(2,3)22-17-20(30-5)14-15-23(22)31-24(27)18-10-9-13-21(16-18)32(28,29)26(4)19-11-7-6-8-12-19/h6-17H,1-5H3. The Morgan fingerprint density at radius 1 is 0.906 bits per heavy atom. The maximum absolute atomic E-state index is 13.1. The van der Waals surface area contributed by atoms with Crippen LogP contribution in [0.2, 0.25) is 0 Å². The molecule has 0 fully saturated rings. The number of para-hydroxylation sites is 1. The van der Waals surface area contributed by atoms with Crippen molar-refractivity contribution in [3.05, 3.63) is 83.9 Å². The molecule has 0 N–H and O–H groups in total. The van der Waals surface area contributed by atoms with E-state index in [-0.39, 0.29) is 15.9 Å². The fraction of sp³-hybridized carbons (Fsp3) is 0.240. The van der Waals surface area contributed by atoms with Crippen molar-refractivity contribution in [2.45, 2.75) is 31.1 Å². The van der Waals surface area contributed by atoms with Crippen LogP contribution in [0.4, 0.5) is 5.69 Å². The Labute approximate surface area is 189 Å². The van der Waals surface area contributed by atoms with Gasteiger partial charge in [-0.2, -0.15) is 0 Å². The minimum Gasteiger partial charge on any atom is -0.497 e. The number of esters is 1. The highest BCUT2D eigenvalue weighted by Gasteiger charge is 2.25. The van der Waals surface area contributed by atoms with Crippen molar-refractivity contribution in [2.24, 2.45) is 0 Å². The molecular formula is C25H27NO5S. The summed E-state index contributed by atoms with van der Waals surface area (Å²) in [4.78, 5) is 12.9. The average Bonchev–Trinajstić information content (AvgIpc) is 2.78. The number of methoxy groups -OCH3 is 1. The average molecular weight is 454 g/mol. The van der Waals surface area contributed by atoms with E-state index in [1.54, 1.807) is 43.5 Å². The van der Waals surface area contributed by atoms with Gasteiger partial charge in [0.05, 0.1) is 23.3 Å². The second kappa shape index (κ2) is 9.04. The molecule has 0 heterocycles. The van der Waals surface area contributed by atoms with Crippen LogP contribution in [0.3, 0.4) is 0 Å². The first-order valence-electron chi connectivity index (χ1n) is 10.1. The Kier molecular flexibility index (Phi) is 6.60. The van der Waals surface area contributed by atoms with Gasteiger partial charge in [-0.25, -0.2) is 13.2 Å². The minimum absolute atomic E-state index is 0.00378. The molecule has 7 heteroatoms. The molecule has 0 saturated heterocycles. The van der Waals surface area contributed by atoms with E-state index in [0.29, 0.717) is 17.2 Å². The molecule has 3 rings (SSSR count). The van der Waals surface area contributed by atoms with E-state index in [1.807, 2.05) is 32.9 Å². The smallest absolute Gasteiger partial charge is 0.343 e. The highest BCUT2D eigenvalue weighted by Crippen LogP contribution is 2.35. The number of hydrogen-bond donors (Lipinski definition) is 0. The van der Waals surface area contributed by atoms with Crippen LogP contribution in [0.5, 0.6) is 11.5 Å². The molecule has 0 spiro atoms. The molecule has 0 bridgehead atoms. The zero-order valence-electron chi connectivity index (χ0n) is 18.8. The molecule has 0 radical (unpaired) electrons. The molecule has 0 aliphatic rings. The number of anilines is 1. The maximum Gasteiger partial charge on any atom is 0.343 e. The van der Waals surface area contributed by atoms with Gasteiger partial charge in [0.1, 0.15) is 11.5 Å². The minimum atomic E-state index is -3.85. The zero-order chi connectivity index (χ0) is 23.5.